The number of carboxylic acids is 1. The van der Waals surface area contributed by atoms with Crippen molar-refractivity contribution in [3.05, 3.63) is 23.7 Å². The van der Waals surface area contributed by atoms with Gasteiger partial charge in [0.2, 0.25) is 5.76 Å². The van der Waals surface area contributed by atoms with Crippen LogP contribution in [0.3, 0.4) is 0 Å². The number of urea groups is 1. The fraction of sp³-hybridized carbons (Fsp3) is 0.571. The summed E-state index contributed by atoms with van der Waals surface area (Å²) in [5.41, 5.74) is 0. The molecule has 21 heavy (non-hydrogen) atoms. The van der Waals surface area contributed by atoms with Gasteiger partial charge in [-0.05, 0) is 31.5 Å². The van der Waals surface area contributed by atoms with Crippen molar-refractivity contribution in [1.82, 2.24) is 15.5 Å². The van der Waals surface area contributed by atoms with E-state index >= 15 is 0 Å². The van der Waals surface area contributed by atoms with Crippen LogP contribution in [0.15, 0.2) is 16.5 Å². The molecule has 1 aliphatic carbocycles. The molecule has 0 spiro atoms. The molecule has 0 unspecified atom stereocenters. The van der Waals surface area contributed by atoms with Gasteiger partial charge in [-0.15, -0.1) is 0 Å². The summed E-state index contributed by atoms with van der Waals surface area (Å²) in [6, 6.07) is 3.31. The van der Waals surface area contributed by atoms with Gasteiger partial charge >= 0.3 is 12.0 Å². The summed E-state index contributed by atoms with van der Waals surface area (Å²) in [7, 11) is 0. The Morgan fingerprint density at radius 1 is 1.38 bits per heavy atom. The zero-order valence-corrected chi connectivity index (χ0v) is 12.1. The molecule has 2 amide bonds. The molecule has 1 fully saturated rings. The minimum absolute atomic E-state index is 0.129. The zero-order chi connectivity index (χ0) is 15.2. The van der Waals surface area contributed by atoms with Crippen LogP contribution in [0.25, 0.3) is 0 Å². The highest BCUT2D eigenvalue weighted by atomic mass is 16.4. The fourth-order valence-electron chi connectivity index (χ4n) is 2.17. The van der Waals surface area contributed by atoms with Crippen LogP contribution < -0.4 is 10.6 Å². The smallest absolute Gasteiger partial charge is 0.371 e. The van der Waals surface area contributed by atoms with Gasteiger partial charge in [-0.2, -0.15) is 0 Å². The first-order valence-electron chi connectivity index (χ1n) is 7.18. The third-order valence-corrected chi connectivity index (χ3v) is 3.45. The number of carbonyl (C=O) groups is 2. The number of carbonyl (C=O) groups excluding carboxylic acids is 1. The van der Waals surface area contributed by atoms with Gasteiger partial charge in [-0.25, -0.2) is 9.59 Å². The Hall–Kier alpha value is -2.02. The molecule has 0 atom stereocenters. The summed E-state index contributed by atoms with van der Waals surface area (Å²) in [5.74, 6) is -0.837. The Labute approximate surface area is 123 Å². The Kier molecular flexibility index (Phi) is 5.21. The number of amides is 2. The first-order chi connectivity index (χ1) is 10.1. The molecule has 1 aromatic rings. The number of hydrogen-bond donors (Lipinski definition) is 3. The van der Waals surface area contributed by atoms with Crippen molar-refractivity contribution in [2.75, 3.05) is 19.6 Å². The maximum Gasteiger partial charge on any atom is 0.371 e. The number of likely N-dealkylation sites (N-methyl/N-ethyl adjacent to an activating group) is 1. The zero-order valence-electron chi connectivity index (χ0n) is 12.1. The number of nitrogens with zero attached hydrogens (tertiary/aromatic N) is 1. The number of furan rings is 1. The van der Waals surface area contributed by atoms with Crippen molar-refractivity contribution >= 4 is 12.0 Å². The Bertz CT molecular complexity index is 496. The van der Waals surface area contributed by atoms with Crippen LogP contribution in [-0.2, 0) is 6.54 Å². The first-order valence-corrected chi connectivity index (χ1v) is 7.18. The third kappa shape index (κ3) is 4.78. The van der Waals surface area contributed by atoms with Gasteiger partial charge in [-0.3, -0.25) is 4.90 Å². The third-order valence-electron chi connectivity index (χ3n) is 3.45. The molecule has 0 aliphatic heterocycles. The molecule has 0 radical (unpaired) electrons. The van der Waals surface area contributed by atoms with Crippen molar-refractivity contribution in [3.63, 3.8) is 0 Å². The monoisotopic (exact) mass is 295 g/mol. The predicted octanol–water partition coefficient (Wildman–Crippen LogP) is 1.26. The number of hydrogen-bond acceptors (Lipinski definition) is 4. The van der Waals surface area contributed by atoms with E-state index in [1.165, 1.54) is 25.0 Å². The average molecular weight is 295 g/mol. The quantitative estimate of drug-likeness (QED) is 0.671. The predicted molar refractivity (Wildman–Crippen MR) is 76.2 cm³/mol. The Morgan fingerprint density at radius 2 is 2.14 bits per heavy atom. The van der Waals surface area contributed by atoms with E-state index in [0.29, 0.717) is 18.3 Å². The van der Waals surface area contributed by atoms with Crippen molar-refractivity contribution in [2.45, 2.75) is 32.4 Å². The molecule has 7 heteroatoms. The fourth-order valence-corrected chi connectivity index (χ4v) is 2.17. The van der Waals surface area contributed by atoms with E-state index in [2.05, 4.69) is 22.5 Å². The summed E-state index contributed by atoms with van der Waals surface area (Å²) in [6.45, 7) is 4.72. The number of nitrogens with one attached hydrogen (secondary N) is 2. The van der Waals surface area contributed by atoms with E-state index < -0.39 is 5.97 Å². The van der Waals surface area contributed by atoms with Crippen LogP contribution in [0, 0.1) is 0 Å². The largest absolute Gasteiger partial charge is 0.475 e. The second-order valence-electron chi connectivity index (χ2n) is 5.04. The second kappa shape index (κ2) is 7.12. The van der Waals surface area contributed by atoms with Crippen LogP contribution >= 0.6 is 0 Å². The average Bonchev–Trinajstić information content (AvgIpc) is 3.18. The van der Waals surface area contributed by atoms with E-state index in [9.17, 15) is 9.59 Å². The normalized spacial score (nSPS) is 14.2. The highest BCUT2D eigenvalue weighted by Crippen LogP contribution is 2.25. The van der Waals surface area contributed by atoms with Gasteiger partial charge in [0.15, 0.2) is 0 Å². The minimum atomic E-state index is -1.12. The molecular formula is C14H21N3O4. The van der Waals surface area contributed by atoms with E-state index in [4.69, 9.17) is 9.52 Å². The lowest BCUT2D eigenvalue weighted by Crippen LogP contribution is -2.40. The molecule has 1 saturated carbocycles. The molecule has 1 aromatic heterocycles. The molecule has 2 rings (SSSR count). The van der Waals surface area contributed by atoms with E-state index in [1.807, 2.05) is 0 Å². The molecule has 0 aromatic carbocycles. The van der Waals surface area contributed by atoms with E-state index in [-0.39, 0.29) is 18.3 Å². The number of aromatic carboxylic acids is 1. The molecule has 1 heterocycles. The molecule has 3 N–H and O–H groups in total. The standard InChI is InChI=1S/C14H21N3O4/c1-2-17(10-3-4-10)8-7-15-14(20)16-9-11-5-6-12(21-11)13(18)19/h5-6,10H,2-4,7-9H2,1H3,(H,18,19)(H2,15,16,20). The minimum Gasteiger partial charge on any atom is -0.475 e. The Morgan fingerprint density at radius 3 is 2.71 bits per heavy atom. The lowest BCUT2D eigenvalue weighted by molar-refractivity contribution is 0.0660. The van der Waals surface area contributed by atoms with Gasteiger partial charge in [0, 0.05) is 19.1 Å². The maximum absolute atomic E-state index is 11.6. The summed E-state index contributed by atoms with van der Waals surface area (Å²) >= 11 is 0. The molecule has 116 valence electrons. The SMILES string of the molecule is CCN(CCNC(=O)NCc1ccc(C(=O)O)o1)C1CC1. The summed E-state index contributed by atoms with van der Waals surface area (Å²) in [5, 5.41) is 14.1. The van der Waals surface area contributed by atoms with Gasteiger partial charge in [0.1, 0.15) is 5.76 Å². The molecular weight excluding hydrogens is 274 g/mol. The maximum atomic E-state index is 11.6. The summed E-state index contributed by atoms with van der Waals surface area (Å²) in [4.78, 5) is 24.6. The molecule has 0 bridgehead atoms. The van der Waals surface area contributed by atoms with E-state index in [0.717, 1.165) is 13.1 Å². The van der Waals surface area contributed by atoms with Crippen LogP contribution in [-0.4, -0.2) is 47.7 Å². The lowest BCUT2D eigenvalue weighted by Gasteiger charge is -2.19. The van der Waals surface area contributed by atoms with Crippen LogP contribution in [0.2, 0.25) is 0 Å². The van der Waals surface area contributed by atoms with Crippen molar-refractivity contribution in [2.24, 2.45) is 0 Å². The van der Waals surface area contributed by atoms with Gasteiger partial charge in [-0.1, -0.05) is 6.92 Å². The highest BCUT2D eigenvalue weighted by molar-refractivity contribution is 5.84. The van der Waals surface area contributed by atoms with Crippen molar-refractivity contribution in [3.8, 4) is 0 Å². The second-order valence-corrected chi connectivity index (χ2v) is 5.04. The summed E-state index contributed by atoms with van der Waals surface area (Å²) < 4.78 is 5.05. The van der Waals surface area contributed by atoms with Crippen LogP contribution in [0.1, 0.15) is 36.1 Å². The highest BCUT2D eigenvalue weighted by Gasteiger charge is 2.27. The van der Waals surface area contributed by atoms with Crippen LogP contribution in [0.5, 0.6) is 0 Å². The lowest BCUT2D eigenvalue weighted by atomic mass is 10.4. The topological polar surface area (TPSA) is 94.8 Å². The van der Waals surface area contributed by atoms with Crippen LogP contribution in [0.4, 0.5) is 4.79 Å². The molecule has 0 saturated heterocycles. The number of carboxylic acid groups (broad SMARTS) is 1. The number of rotatable bonds is 8. The molecule has 7 nitrogen and oxygen atoms in total. The first kappa shape index (κ1) is 15.4. The molecule has 1 aliphatic rings. The van der Waals surface area contributed by atoms with Crippen molar-refractivity contribution in [1.29, 1.82) is 0 Å². The van der Waals surface area contributed by atoms with Gasteiger partial charge < -0.3 is 20.2 Å². The van der Waals surface area contributed by atoms with Gasteiger partial charge in [0.25, 0.3) is 0 Å². The van der Waals surface area contributed by atoms with E-state index in [1.54, 1.807) is 0 Å². The summed E-state index contributed by atoms with van der Waals surface area (Å²) in [6.07, 6.45) is 2.51. The van der Waals surface area contributed by atoms with Gasteiger partial charge in [0.05, 0.1) is 6.54 Å². The van der Waals surface area contributed by atoms with Crippen molar-refractivity contribution < 1.29 is 19.1 Å². The Balaban J connectivity index is 1.63.